The molecule has 1 fully saturated rings. The van der Waals surface area contributed by atoms with Crippen LogP contribution in [0.3, 0.4) is 0 Å². The maximum Gasteiger partial charge on any atom is 0.161 e. The number of rotatable bonds is 6. The SMILES string of the molecule is COc1ccc(-c2nc(C3CN(Cc4ccccc4)CCO3)sc2C)cc1OC. The van der Waals surface area contributed by atoms with Crippen LogP contribution in [0.4, 0.5) is 0 Å². The Hall–Kier alpha value is -2.41. The van der Waals surface area contributed by atoms with Crippen LogP contribution in [0.1, 0.15) is 21.6 Å². The Morgan fingerprint density at radius 3 is 2.66 bits per heavy atom. The Morgan fingerprint density at radius 2 is 1.90 bits per heavy atom. The summed E-state index contributed by atoms with van der Waals surface area (Å²) in [5.74, 6) is 1.43. The fourth-order valence-corrected chi connectivity index (χ4v) is 4.63. The topological polar surface area (TPSA) is 43.8 Å². The fraction of sp³-hybridized carbons (Fsp3) is 0.348. The number of thiazole rings is 1. The maximum atomic E-state index is 6.08. The zero-order chi connectivity index (χ0) is 20.2. The van der Waals surface area contributed by atoms with Crippen LogP contribution in [0.25, 0.3) is 11.3 Å². The molecule has 0 aliphatic carbocycles. The molecule has 0 N–H and O–H groups in total. The lowest BCUT2D eigenvalue weighted by molar-refractivity contribution is -0.0329. The highest BCUT2D eigenvalue weighted by atomic mass is 32.1. The van der Waals surface area contributed by atoms with Crippen LogP contribution >= 0.6 is 11.3 Å². The third-order valence-corrected chi connectivity index (χ3v) is 6.21. The van der Waals surface area contributed by atoms with Crippen LogP contribution in [-0.2, 0) is 11.3 Å². The molecule has 2 aromatic carbocycles. The van der Waals surface area contributed by atoms with Crippen molar-refractivity contribution in [1.29, 1.82) is 0 Å². The molecule has 1 aromatic heterocycles. The van der Waals surface area contributed by atoms with Crippen molar-refractivity contribution in [2.45, 2.75) is 19.6 Å². The number of aromatic nitrogens is 1. The number of aryl methyl sites for hydroxylation is 1. The summed E-state index contributed by atoms with van der Waals surface area (Å²) in [6.45, 7) is 5.57. The summed E-state index contributed by atoms with van der Waals surface area (Å²) in [6, 6.07) is 16.5. The number of nitrogens with zero attached hydrogens (tertiary/aromatic N) is 2. The van der Waals surface area contributed by atoms with Crippen molar-refractivity contribution in [3.63, 3.8) is 0 Å². The largest absolute Gasteiger partial charge is 0.493 e. The molecule has 1 aliphatic heterocycles. The van der Waals surface area contributed by atoms with Gasteiger partial charge in [-0.15, -0.1) is 11.3 Å². The van der Waals surface area contributed by atoms with E-state index in [1.165, 1.54) is 10.4 Å². The van der Waals surface area contributed by atoms with Crippen molar-refractivity contribution < 1.29 is 14.2 Å². The van der Waals surface area contributed by atoms with Crippen LogP contribution < -0.4 is 9.47 Å². The molecule has 1 aliphatic rings. The number of hydrogen-bond donors (Lipinski definition) is 0. The molecule has 152 valence electrons. The lowest BCUT2D eigenvalue weighted by atomic mass is 10.1. The van der Waals surface area contributed by atoms with E-state index < -0.39 is 0 Å². The van der Waals surface area contributed by atoms with E-state index in [0.29, 0.717) is 5.75 Å². The molecule has 3 aromatic rings. The van der Waals surface area contributed by atoms with Gasteiger partial charge in [0, 0.05) is 30.1 Å². The molecular formula is C23H26N2O3S. The Labute approximate surface area is 175 Å². The van der Waals surface area contributed by atoms with Gasteiger partial charge in [-0.3, -0.25) is 4.90 Å². The quantitative estimate of drug-likeness (QED) is 0.589. The van der Waals surface area contributed by atoms with Gasteiger partial charge in [0.1, 0.15) is 11.1 Å². The summed E-state index contributed by atoms with van der Waals surface area (Å²) in [7, 11) is 3.30. The van der Waals surface area contributed by atoms with E-state index in [0.717, 1.165) is 48.3 Å². The molecule has 0 saturated carbocycles. The molecule has 29 heavy (non-hydrogen) atoms. The van der Waals surface area contributed by atoms with E-state index in [2.05, 4.69) is 42.2 Å². The van der Waals surface area contributed by atoms with Crippen LogP contribution in [0, 0.1) is 6.92 Å². The van der Waals surface area contributed by atoms with Gasteiger partial charge in [-0.1, -0.05) is 30.3 Å². The first-order valence-corrected chi connectivity index (χ1v) is 10.6. The van der Waals surface area contributed by atoms with Crippen molar-refractivity contribution >= 4 is 11.3 Å². The molecule has 1 atom stereocenters. The van der Waals surface area contributed by atoms with Crippen LogP contribution in [0.2, 0.25) is 0 Å². The van der Waals surface area contributed by atoms with Gasteiger partial charge in [-0.25, -0.2) is 4.98 Å². The first-order valence-electron chi connectivity index (χ1n) is 9.75. The number of benzene rings is 2. The summed E-state index contributed by atoms with van der Waals surface area (Å²) >= 11 is 1.71. The maximum absolute atomic E-state index is 6.08. The van der Waals surface area contributed by atoms with Crippen molar-refractivity contribution in [1.82, 2.24) is 9.88 Å². The number of hydrogen-bond acceptors (Lipinski definition) is 6. The second kappa shape index (κ2) is 8.95. The van der Waals surface area contributed by atoms with Crippen molar-refractivity contribution in [3.05, 3.63) is 64.0 Å². The van der Waals surface area contributed by atoms with Crippen LogP contribution in [0.5, 0.6) is 11.5 Å². The fourth-order valence-electron chi connectivity index (χ4n) is 3.64. The molecule has 0 bridgehead atoms. The summed E-state index contributed by atoms with van der Waals surface area (Å²) in [4.78, 5) is 8.56. The lowest BCUT2D eigenvalue weighted by Crippen LogP contribution is -2.37. The minimum Gasteiger partial charge on any atom is -0.493 e. The van der Waals surface area contributed by atoms with E-state index in [1.54, 1.807) is 25.6 Å². The first-order chi connectivity index (χ1) is 14.2. The highest BCUT2D eigenvalue weighted by Gasteiger charge is 2.26. The zero-order valence-corrected chi connectivity index (χ0v) is 17.9. The number of ether oxygens (including phenoxy) is 3. The van der Waals surface area contributed by atoms with E-state index in [9.17, 15) is 0 Å². The van der Waals surface area contributed by atoms with Crippen LogP contribution in [0.15, 0.2) is 48.5 Å². The van der Waals surface area contributed by atoms with Gasteiger partial charge in [0.15, 0.2) is 11.5 Å². The second-order valence-electron chi connectivity index (χ2n) is 7.11. The van der Waals surface area contributed by atoms with Gasteiger partial charge in [0.05, 0.1) is 26.5 Å². The van der Waals surface area contributed by atoms with E-state index in [1.807, 2.05) is 18.2 Å². The first kappa shape index (κ1) is 19.9. The molecule has 4 rings (SSSR count). The summed E-state index contributed by atoms with van der Waals surface area (Å²) in [6.07, 6.45) is 0.00468. The average Bonchev–Trinajstić information content (AvgIpc) is 3.16. The average molecular weight is 411 g/mol. The molecule has 0 spiro atoms. The van der Waals surface area contributed by atoms with Crippen molar-refractivity contribution in [2.75, 3.05) is 33.9 Å². The van der Waals surface area contributed by atoms with Gasteiger partial charge < -0.3 is 14.2 Å². The molecule has 0 radical (unpaired) electrons. The molecular weight excluding hydrogens is 384 g/mol. The third kappa shape index (κ3) is 4.45. The molecule has 6 heteroatoms. The highest BCUT2D eigenvalue weighted by molar-refractivity contribution is 7.12. The van der Waals surface area contributed by atoms with E-state index in [-0.39, 0.29) is 6.10 Å². The van der Waals surface area contributed by atoms with Crippen molar-refractivity contribution in [2.24, 2.45) is 0 Å². The molecule has 1 unspecified atom stereocenters. The van der Waals surface area contributed by atoms with Gasteiger partial charge in [0.2, 0.25) is 0 Å². The molecule has 5 nitrogen and oxygen atoms in total. The Kier molecular flexibility index (Phi) is 6.13. The lowest BCUT2D eigenvalue weighted by Gasteiger charge is -2.32. The predicted octanol–water partition coefficient (Wildman–Crippen LogP) is 4.71. The number of methoxy groups -OCH3 is 2. The van der Waals surface area contributed by atoms with Gasteiger partial charge in [0.25, 0.3) is 0 Å². The normalized spacial score (nSPS) is 17.3. The minimum absolute atomic E-state index is 0.00468. The summed E-state index contributed by atoms with van der Waals surface area (Å²) in [5.41, 5.74) is 3.34. The second-order valence-corrected chi connectivity index (χ2v) is 8.34. The molecule has 2 heterocycles. The molecule has 1 saturated heterocycles. The Bertz CT molecular complexity index is 958. The standard InChI is InChI=1S/C23H26N2O3S/c1-16-22(18-9-10-19(26-2)20(13-18)27-3)24-23(29-16)21-15-25(11-12-28-21)14-17-7-5-4-6-8-17/h4-10,13,21H,11-12,14-15H2,1-3H3. The van der Waals surface area contributed by atoms with Crippen molar-refractivity contribution in [3.8, 4) is 22.8 Å². The number of morpholine rings is 1. The molecule has 0 amide bonds. The summed E-state index contributed by atoms with van der Waals surface area (Å²) in [5, 5.41) is 1.03. The predicted molar refractivity (Wildman–Crippen MR) is 116 cm³/mol. The van der Waals surface area contributed by atoms with Gasteiger partial charge >= 0.3 is 0 Å². The zero-order valence-electron chi connectivity index (χ0n) is 17.1. The monoisotopic (exact) mass is 410 g/mol. The minimum atomic E-state index is 0.00468. The van der Waals surface area contributed by atoms with Gasteiger partial charge in [-0.05, 0) is 30.7 Å². The summed E-state index contributed by atoms with van der Waals surface area (Å²) < 4.78 is 16.9. The third-order valence-electron chi connectivity index (χ3n) is 5.15. The Morgan fingerprint density at radius 1 is 1.10 bits per heavy atom. The van der Waals surface area contributed by atoms with E-state index in [4.69, 9.17) is 19.2 Å². The smallest absolute Gasteiger partial charge is 0.161 e. The van der Waals surface area contributed by atoms with E-state index >= 15 is 0 Å². The van der Waals surface area contributed by atoms with Crippen LogP contribution in [-0.4, -0.2) is 43.8 Å². The highest BCUT2D eigenvalue weighted by Crippen LogP contribution is 2.37. The van der Waals surface area contributed by atoms with Gasteiger partial charge in [-0.2, -0.15) is 0 Å². The Balaban J connectivity index is 1.53.